The number of hydrogen-bond donors (Lipinski definition) is 2. The van der Waals surface area contributed by atoms with E-state index in [4.69, 9.17) is 0 Å². The van der Waals surface area contributed by atoms with Crippen molar-refractivity contribution in [2.45, 2.75) is 40.0 Å². The van der Waals surface area contributed by atoms with Gasteiger partial charge in [0.15, 0.2) is 0 Å². The van der Waals surface area contributed by atoms with E-state index in [1.54, 1.807) is 0 Å². The summed E-state index contributed by atoms with van der Waals surface area (Å²) >= 11 is 4.79. The predicted octanol–water partition coefficient (Wildman–Crippen LogP) is 4.16. The van der Waals surface area contributed by atoms with Crippen molar-refractivity contribution in [3.63, 3.8) is 0 Å². The average molecular weight is 425 g/mol. The van der Waals surface area contributed by atoms with Crippen molar-refractivity contribution < 1.29 is 9.59 Å². The number of hydrogen-bond acceptors (Lipinski definition) is 5. The molecule has 6 nitrogen and oxygen atoms in total. The molecule has 0 spiro atoms. The van der Waals surface area contributed by atoms with E-state index in [2.05, 4.69) is 50.6 Å². The van der Waals surface area contributed by atoms with E-state index in [0.717, 1.165) is 21.5 Å². The van der Waals surface area contributed by atoms with E-state index >= 15 is 0 Å². The molecule has 2 amide bonds. The lowest BCUT2D eigenvalue weighted by Gasteiger charge is -2.07. The quantitative estimate of drug-likeness (QED) is 0.698. The molecule has 0 bridgehead atoms. The second-order valence-corrected chi connectivity index (χ2v) is 8.08. The molecular weight excluding hydrogens is 404 g/mol. The highest BCUT2D eigenvalue weighted by molar-refractivity contribution is 9.10. The van der Waals surface area contributed by atoms with Crippen LogP contribution in [-0.2, 0) is 16.0 Å². The Labute approximate surface area is 159 Å². The molecule has 0 fully saturated rings. The van der Waals surface area contributed by atoms with Gasteiger partial charge in [-0.15, -0.1) is 10.2 Å². The highest BCUT2D eigenvalue weighted by atomic mass is 79.9. The molecule has 25 heavy (non-hydrogen) atoms. The molecule has 0 saturated carbocycles. The van der Waals surface area contributed by atoms with Crippen molar-refractivity contribution in [1.29, 1.82) is 0 Å². The highest BCUT2D eigenvalue weighted by Crippen LogP contribution is 2.20. The zero-order valence-electron chi connectivity index (χ0n) is 14.4. The van der Waals surface area contributed by atoms with Gasteiger partial charge in [0.05, 0.1) is 0 Å². The standard InChI is InChI=1S/C17H21BrN4O2S/c1-10(2)8-16-21-22-17(25-16)20-15(24)7-6-14(23)19-12-4-5-13(18)11(3)9-12/h4-5,9-10H,6-8H2,1-3H3,(H,19,23)(H,20,22,24). The van der Waals surface area contributed by atoms with Gasteiger partial charge in [0.2, 0.25) is 16.9 Å². The molecule has 2 N–H and O–H groups in total. The predicted molar refractivity (Wildman–Crippen MR) is 104 cm³/mol. The lowest BCUT2D eigenvalue weighted by Crippen LogP contribution is -2.17. The van der Waals surface area contributed by atoms with Crippen LogP contribution >= 0.6 is 27.3 Å². The Kier molecular flexibility index (Phi) is 7.07. The number of aryl methyl sites for hydroxylation is 1. The molecule has 0 unspecified atom stereocenters. The van der Waals surface area contributed by atoms with Gasteiger partial charge in [-0.1, -0.05) is 41.1 Å². The summed E-state index contributed by atoms with van der Waals surface area (Å²) < 4.78 is 0.985. The fraction of sp³-hybridized carbons (Fsp3) is 0.412. The molecule has 0 aliphatic heterocycles. The Balaban J connectivity index is 1.78. The van der Waals surface area contributed by atoms with Crippen LogP contribution in [0.15, 0.2) is 22.7 Å². The molecule has 1 aromatic heterocycles. The smallest absolute Gasteiger partial charge is 0.226 e. The third-order valence-corrected chi connectivity index (χ3v) is 5.07. The number of carbonyl (C=O) groups is 2. The first-order valence-electron chi connectivity index (χ1n) is 8.01. The number of nitrogens with zero attached hydrogens (tertiary/aromatic N) is 2. The van der Waals surface area contributed by atoms with E-state index in [9.17, 15) is 9.59 Å². The Morgan fingerprint density at radius 2 is 1.84 bits per heavy atom. The topological polar surface area (TPSA) is 84.0 Å². The van der Waals surface area contributed by atoms with Crippen molar-refractivity contribution >= 4 is 49.9 Å². The van der Waals surface area contributed by atoms with Crippen LogP contribution in [0.25, 0.3) is 0 Å². The van der Waals surface area contributed by atoms with Gasteiger partial charge < -0.3 is 10.6 Å². The average Bonchev–Trinajstić information content (AvgIpc) is 2.95. The van der Waals surface area contributed by atoms with Crippen LogP contribution in [0.2, 0.25) is 0 Å². The Morgan fingerprint density at radius 3 is 2.48 bits per heavy atom. The number of halogens is 1. The van der Waals surface area contributed by atoms with Crippen LogP contribution in [0.1, 0.15) is 37.3 Å². The number of amides is 2. The summed E-state index contributed by atoms with van der Waals surface area (Å²) in [5.74, 6) is 0.0476. The first-order chi connectivity index (χ1) is 11.8. The largest absolute Gasteiger partial charge is 0.326 e. The summed E-state index contributed by atoms with van der Waals surface area (Å²) in [6.45, 7) is 6.15. The van der Waals surface area contributed by atoms with E-state index in [1.807, 2.05) is 25.1 Å². The zero-order chi connectivity index (χ0) is 18.4. The fourth-order valence-electron chi connectivity index (χ4n) is 2.09. The Morgan fingerprint density at radius 1 is 1.16 bits per heavy atom. The number of anilines is 2. The Hall–Kier alpha value is -1.80. The molecule has 0 atom stereocenters. The first-order valence-corrected chi connectivity index (χ1v) is 9.62. The summed E-state index contributed by atoms with van der Waals surface area (Å²) in [5, 5.41) is 14.9. The summed E-state index contributed by atoms with van der Waals surface area (Å²) in [4.78, 5) is 23.9. The molecule has 0 saturated heterocycles. The maximum absolute atomic E-state index is 12.0. The lowest BCUT2D eigenvalue weighted by atomic mass is 10.1. The van der Waals surface area contributed by atoms with E-state index < -0.39 is 0 Å². The van der Waals surface area contributed by atoms with E-state index in [-0.39, 0.29) is 24.7 Å². The first kappa shape index (κ1) is 19.5. The molecule has 1 heterocycles. The minimum atomic E-state index is -0.241. The number of carbonyl (C=O) groups excluding carboxylic acids is 2. The lowest BCUT2D eigenvalue weighted by molar-refractivity contribution is -0.121. The Bertz CT molecular complexity index is 761. The van der Waals surface area contributed by atoms with Gasteiger partial charge >= 0.3 is 0 Å². The normalized spacial score (nSPS) is 10.8. The summed E-state index contributed by atoms with van der Waals surface area (Å²) in [5.41, 5.74) is 1.75. The molecule has 1 aromatic carbocycles. The van der Waals surface area contributed by atoms with Crippen LogP contribution < -0.4 is 10.6 Å². The van der Waals surface area contributed by atoms with Crippen molar-refractivity contribution in [1.82, 2.24) is 10.2 Å². The number of benzene rings is 1. The third kappa shape index (κ3) is 6.55. The van der Waals surface area contributed by atoms with Crippen LogP contribution in [0.5, 0.6) is 0 Å². The van der Waals surface area contributed by atoms with Gasteiger partial charge in [0, 0.05) is 29.4 Å². The molecular formula is C17H21BrN4O2S. The van der Waals surface area contributed by atoms with Crippen molar-refractivity contribution in [3.8, 4) is 0 Å². The van der Waals surface area contributed by atoms with Gasteiger partial charge in [-0.2, -0.15) is 0 Å². The number of nitrogens with one attached hydrogen (secondary N) is 2. The van der Waals surface area contributed by atoms with Crippen LogP contribution in [0, 0.1) is 12.8 Å². The number of aromatic nitrogens is 2. The summed E-state index contributed by atoms with van der Waals surface area (Å²) in [6, 6.07) is 5.56. The number of rotatable bonds is 7. The van der Waals surface area contributed by atoms with Gasteiger partial charge in [0.1, 0.15) is 5.01 Å². The van der Waals surface area contributed by atoms with Crippen LogP contribution in [-0.4, -0.2) is 22.0 Å². The molecule has 0 aliphatic carbocycles. The fourth-order valence-corrected chi connectivity index (χ4v) is 3.31. The molecule has 134 valence electrons. The second-order valence-electron chi connectivity index (χ2n) is 6.16. The minimum Gasteiger partial charge on any atom is -0.326 e. The molecule has 2 rings (SSSR count). The van der Waals surface area contributed by atoms with Gasteiger partial charge in [0.25, 0.3) is 0 Å². The molecule has 0 aliphatic rings. The monoisotopic (exact) mass is 424 g/mol. The molecule has 8 heteroatoms. The van der Waals surface area contributed by atoms with Gasteiger partial charge in [-0.3, -0.25) is 9.59 Å². The van der Waals surface area contributed by atoms with Crippen molar-refractivity contribution in [2.24, 2.45) is 5.92 Å². The maximum atomic E-state index is 12.0. The van der Waals surface area contributed by atoms with Crippen molar-refractivity contribution in [3.05, 3.63) is 33.2 Å². The van der Waals surface area contributed by atoms with E-state index in [1.165, 1.54) is 11.3 Å². The van der Waals surface area contributed by atoms with Gasteiger partial charge in [-0.05, 0) is 36.6 Å². The maximum Gasteiger partial charge on any atom is 0.226 e. The summed E-state index contributed by atoms with van der Waals surface area (Å²) in [7, 11) is 0. The summed E-state index contributed by atoms with van der Waals surface area (Å²) in [6.07, 6.45) is 1.04. The van der Waals surface area contributed by atoms with E-state index in [0.29, 0.717) is 16.7 Å². The highest BCUT2D eigenvalue weighted by Gasteiger charge is 2.11. The molecule has 0 radical (unpaired) electrons. The molecule has 2 aromatic rings. The zero-order valence-corrected chi connectivity index (χ0v) is 16.8. The van der Waals surface area contributed by atoms with Crippen LogP contribution in [0.3, 0.4) is 0 Å². The third-order valence-electron chi connectivity index (χ3n) is 3.32. The minimum absolute atomic E-state index is 0.0977. The van der Waals surface area contributed by atoms with Crippen molar-refractivity contribution in [2.75, 3.05) is 10.6 Å². The van der Waals surface area contributed by atoms with Crippen LogP contribution in [0.4, 0.5) is 10.8 Å². The second kappa shape index (κ2) is 9.05. The van der Waals surface area contributed by atoms with Gasteiger partial charge in [-0.25, -0.2) is 0 Å². The SMILES string of the molecule is Cc1cc(NC(=O)CCC(=O)Nc2nnc(CC(C)C)s2)ccc1Br.